The normalized spacial score (nSPS) is 22.6. The third kappa shape index (κ3) is 6.67. The Hall–Kier alpha value is -3.30. The van der Waals surface area contributed by atoms with E-state index in [0.29, 0.717) is 17.5 Å². The van der Waals surface area contributed by atoms with E-state index in [2.05, 4.69) is 15.5 Å². The lowest BCUT2D eigenvalue weighted by Gasteiger charge is -2.39. The van der Waals surface area contributed by atoms with Crippen LogP contribution in [0.25, 0.3) is 0 Å². The van der Waals surface area contributed by atoms with Crippen molar-refractivity contribution in [2.24, 2.45) is 11.8 Å². The number of alkyl halides is 3. The highest BCUT2D eigenvalue weighted by molar-refractivity contribution is 5.89. The van der Waals surface area contributed by atoms with E-state index in [-0.39, 0.29) is 11.7 Å². The van der Waals surface area contributed by atoms with E-state index < -0.39 is 22.7 Å². The third-order valence-electron chi connectivity index (χ3n) is 7.28. The van der Waals surface area contributed by atoms with Gasteiger partial charge in [0.05, 0.1) is 10.5 Å². The van der Waals surface area contributed by atoms with Crippen LogP contribution in [0.4, 0.5) is 35.0 Å². The summed E-state index contributed by atoms with van der Waals surface area (Å²) in [6.45, 7) is 1.79. The number of carbonyl (C=O) groups excluding carboxylic acids is 1. The number of amides is 2. The molecule has 4 rings (SSSR count). The van der Waals surface area contributed by atoms with Gasteiger partial charge < -0.3 is 15.5 Å². The van der Waals surface area contributed by atoms with Crippen molar-refractivity contribution < 1.29 is 22.9 Å². The van der Waals surface area contributed by atoms with Crippen LogP contribution in [-0.2, 0) is 6.18 Å². The van der Waals surface area contributed by atoms with Crippen LogP contribution in [0.2, 0.25) is 0 Å². The van der Waals surface area contributed by atoms with Gasteiger partial charge in [0.15, 0.2) is 0 Å². The molecule has 0 radical (unpaired) electrons. The number of nitro benzene ring substituents is 1. The Kier molecular flexibility index (Phi) is 8.01. The van der Waals surface area contributed by atoms with Crippen molar-refractivity contribution >= 4 is 23.1 Å². The van der Waals surface area contributed by atoms with Gasteiger partial charge >= 0.3 is 12.2 Å². The molecule has 0 unspecified atom stereocenters. The number of urea groups is 1. The summed E-state index contributed by atoms with van der Waals surface area (Å²) in [5.74, 6) is 0.790. The van der Waals surface area contributed by atoms with Gasteiger partial charge in [-0.3, -0.25) is 10.1 Å². The number of nitrogens with zero attached hydrogens (tertiary/aromatic N) is 2. The maximum atomic E-state index is 12.8. The number of anilines is 2. The molecular formula is C26H31F3N4O3. The highest BCUT2D eigenvalue weighted by Crippen LogP contribution is 2.34. The monoisotopic (exact) mass is 504 g/mol. The Bertz CT molecular complexity index is 1040. The minimum Gasteiger partial charge on any atom is -0.371 e. The molecule has 0 bridgehead atoms. The summed E-state index contributed by atoms with van der Waals surface area (Å²) < 4.78 is 38.3. The second-order valence-electron chi connectivity index (χ2n) is 9.79. The van der Waals surface area contributed by atoms with Crippen LogP contribution in [0.3, 0.4) is 0 Å². The highest BCUT2D eigenvalue weighted by Gasteiger charge is 2.32. The van der Waals surface area contributed by atoms with Crippen molar-refractivity contribution in [3.05, 3.63) is 64.2 Å². The summed E-state index contributed by atoms with van der Waals surface area (Å²) in [6, 6.07) is 10.7. The lowest BCUT2D eigenvalue weighted by molar-refractivity contribution is -0.384. The van der Waals surface area contributed by atoms with Gasteiger partial charge in [0.2, 0.25) is 0 Å². The Morgan fingerprint density at radius 2 is 1.69 bits per heavy atom. The molecular weight excluding hydrogens is 473 g/mol. The third-order valence-corrected chi connectivity index (χ3v) is 7.28. The van der Waals surface area contributed by atoms with Crippen LogP contribution in [0.5, 0.6) is 0 Å². The maximum absolute atomic E-state index is 12.8. The molecule has 2 aromatic rings. The molecule has 0 spiro atoms. The fourth-order valence-corrected chi connectivity index (χ4v) is 5.46. The van der Waals surface area contributed by atoms with Crippen LogP contribution < -0.4 is 15.5 Å². The summed E-state index contributed by atoms with van der Waals surface area (Å²) in [5.41, 5.74) is 0.632. The van der Waals surface area contributed by atoms with Gasteiger partial charge in [-0.25, -0.2) is 4.79 Å². The van der Waals surface area contributed by atoms with Crippen molar-refractivity contribution in [2.45, 2.75) is 57.2 Å². The molecule has 1 aliphatic heterocycles. The molecule has 0 aromatic heterocycles. The number of nitrogens with one attached hydrogen (secondary N) is 2. The molecule has 2 amide bonds. The number of piperidine rings is 1. The van der Waals surface area contributed by atoms with Gasteiger partial charge in [-0.1, -0.05) is 12.8 Å². The summed E-state index contributed by atoms with van der Waals surface area (Å²) >= 11 is 0. The Morgan fingerprint density at radius 1 is 1.00 bits per heavy atom. The lowest BCUT2D eigenvalue weighted by Crippen LogP contribution is -2.45. The number of hydrogen-bond donors (Lipinski definition) is 2. The van der Waals surface area contributed by atoms with Crippen LogP contribution in [0, 0.1) is 22.0 Å². The first kappa shape index (κ1) is 25.8. The molecule has 2 fully saturated rings. The smallest absolute Gasteiger partial charge is 0.371 e. The number of benzene rings is 2. The topological polar surface area (TPSA) is 87.5 Å². The lowest BCUT2D eigenvalue weighted by atomic mass is 9.77. The van der Waals surface area contributed by atoms with Gasteiger partial charge in [-0.05, 0) is 80.3 Å². The van der Waals surface area contributed by atoms with Gasteiger partial charge in [-0.2, -0.15) is 13.2 Å². The van der Waals surface area contributed by atoms with E-state index >= 15 is 0 Å². The van der Waals surface area contributed by atoms with E-state index in [4.69, 9.17) is 0 Å². The molecule has 3 atom stereocenters. The second-order valence-corrected chi connectivity index (χ2v) is 9.79. The van der Waals surface area contributed by atoms with Gasteiger partial charge in [0.25, 0.3) is 5.69 Å². The van der Waals surface area contributed by atoms with Crippen molar-refractivity contribution in [3.8, 4) is 0 Å². The predicted molar refractivity (Wildman–Crippen MR) is 132 cm³/mol. The minimum absolute atomic E-state index is 0.0166. The molecule has 1 aliphatic carbocycles. The number of hydrogen-bond acceptors (Lipinski definition) is 4. The second kappa shape index (κ2) is 11.2. The Balaban J connectivity index is 1.32. The fourth-order valence-electron chi connectivity index (χ4n) is 5.46. The molecule has 7 nitrogen and oxygen atoms in total. The number of nitro groups is 1. The van der Waals surface area contributed by atoms with E-state index in [1.165, 1.54) is 24.3 Å². The van der Waals surface area contributed by atoms with Gasteiger partial charge in [-0.15, -0.1) is 0 Å². The quantitative estimate of drug-likeness (QED) is 0.343. The van der Waals surface area contributed by atoms with Crippen LogP contribution >= 0.6 is 0 Å². The Labute approximate surface area is 208 Å². The average Bonchev–Trinajstić information content (AvgIpc) is 2.85. The molecule has 194 valence electrons. The van der Waals surface area contributed by atoms with Crippen LogP contribution in [0.15, 0.2) is 48.5 Å². The number of halogens is 3. The molecule has 1 heterocycles. The Morgan fingerprint density at radius 3 is 2.36 bits per heavy atom. The highest BCUT2D eigenvalue weighted by atomic mass is 19.4. The van der Waals surface area contributed by atoms with Crippen LogP contribution in [-0.4, -0.2) is 30.1 Å². The minimum atomic E-state index is -4.41. The summed E-state index contributed by atoms with van der Waals surface area (Å²) in [5, 5.41) is 16.7. The fraction of sp³-hybridized carbons (Fsp3) is 0.500. The number of non-ortho nitro benzene ring substituents is 1. The van der Waals surface area contributed by atoms with Crippen molar-refractivity contribution in [3.63, 3.8) is 0 Å². The zero-order valence-corrected chi connectivity index (χ0v) is 20.0. The molecule has 36 heavy (non-hydrogen) atoms. The molecule has 2 aliphatic rings. The molecule has 1 saturated carbocycles. The zero-order valence-electron chi connectivity index (χ0n) is 20.0. The number of rotatable bonds is 6. The predicted octanol–water partition coefficient (Wildman–Crippen LogP) is 6.60. The largest absolute Gasteiger partial charge is 0.416 e. The maximum Gasteiger partial charge on any atom is 0.416 e. The molecule has 2 N–H and O–H groups in total. The first-order valence-corrected chi connectivity index (χ1v) is 12.4. The van der Waals surface area contributed by atoms with E-state index in [0.717, 1.165) is 75.9 Å². The average molecular weight is 505 g/mol. The summed E-state index contributed by atoms with van der Waals surface area (Å²) in [7, 11) is 0. The van der Waals surface area contributed by atoms with Crippen LogP contribution in [0.1, 0.15) is 50.5 Å². The van der Waals surface area contributed by atoms with Gasteiger partial charge in [0, 0.05) is 42.6 Å². The molecule has 1 saturated heterocycles. The molecule has 10 heteroatoms. The summed E-state index contributed by atoms with van der Waals surface area (Å²) in [6.07, 6.45) is 2.76. The van der Waals surface area contributed by atoms with E-state index in [9.17, 15) is 28.1 Å². The van der Waals surface area contributed by atoms with E-state index in [1.807, 2.05) is 0 Å². The first-order chi connectivity index (χ1) is 17.2. The summed E-state index contributed by atoms with van der Waals surface area (Å²) in [4.78, 5) is 25.4. The van der Waals surface area contributed by atoms with Crippen molar-refractivity contribution in [1.82, 2.24) is 5.32 Å². The zero-order chi connectivity index (χ0) is 25.7. The molecule has 2 aromatic carbocycles. The SMILES string of the molecule is O=C(Nc1ccc(C(F)(F)F)cc1)N[C@@H]1CCCC[C@H]1C[C@H]1CCCN(c2ccc([N+](=O)[O-])cc2)C1. The van der Waals surface area contributed by atoms with E-state index in [1.54, 1.807) is 12.1 Å². The van der Waals surface area contributed by atoms with Crippen molar-refractivity contribution in [1.29, 1.82) is 0 Å². The first-order valence-electron chi connectivity index (χ1n) is 12.4. The van der Waals surface area contributed by atoms with Crippen molar-refractivity contribution in [2.75, 3.05) is 23.3 Å². The number of carbonyl (C=O) groups is 1. The van der Waals surface area contributed by atoms with Gasteiger partial charge in [0.1, 0.15) is 0 Å². The standard InChI is InChI=1S/C26H31F3N4O3/c27-26(28,29)20-7-9-21(10-8-20)30-25(34)31-24-6-2-1-5-19(24)16-18-4-3-15-32(17-18)22-11-13-23(14-12-22)33(35)36/h7-14,18-19,24H,1-6,15-17H2,(H2,30,31,34)/t18-,19+,24-/m1/s1.